The number of nitriles is 2. The molecule has 2 rings (SSSR count). The SMILES string of the molecule is CCOC(=O)c1c(NC(=O)/C(C#N)=C/c2ccc(OCC#N)cc2)sc(C)c1C. The number of benzene rings is 1. The number of carbonyl (C=O) groups excluding carboxylic acids is 2. The van der Waals surface area contributed by atoms with Gasteiger partial charge in [0.15, 0.2) is 6.61 Å². The Bertz CT molecular complexity index is 1020. The maximum Gasteiger partial charge on any atom is 0.341 e. The Morgan fingerprint density at radius 3 is 2.48 bits per heavy atom. The lowest BCUT2D eigenvalue weighted by molar-refractivity contribution is -0.112. The van der Waals surface area contributed by atoms with Crippen molar-refractivity contribution >= 4 is 34.3 Å². The van der Waals surface area contributed by atoms with Crippen molar-refractivity contribution in [2.45, 2.75) is 20.8 Å². The molecule has 0 aliphatic heterocycles. The van der Waals surface area contributed by atoms with Crippen LogP contribution in [0.3, 0.4) is 0 Å². The van der Waals surface area contributed by atoms with Crippen molar-refractivity contribution in [1.82, 2.24) is 0 Å². The zero-order valence-corrected chi connectivity index (χ0v) is 17.1. The minimum Gasteiger partial charge on any atom is -0.479 e. The first-order valence-electron chi connectivity index (χ1n) is 8.71. The maximum atomic E-state index is 12.6. The Balaban J connectivity index is 2.24. The number of thiophene rings is 1. The van der Waals surface area contributed by atoms with Crippen LogP contribution in [0.2, 0.25) is 0 Å². The van der Waals surface area contributed by atoms with Gasteiger partial charge in [-0.3, -0.25) is 4.79 Å². The van der Waals surface area contributed by atoms with Gasteiger partial charge in [0.2, 0.25) is 0 Å². The molecule has 0 aliphatic rings. The van der Waals surface area contributed by atoms with Crippen LogP contribution in [-0.4, -0.2) is 25.1 Å². The minimum atomic E-state index is -0.621. The zero-order valence-electron chi connectivity index (χ0n) is 16.2. The monoisotopic (exact) mass is 409 g/mol. The predicted octanol–water partition coefficient (Wildman–Crippen LogP) is 3.99. The smallest absolute Gasteiger partial charge is 0.341 e. The fourth-order valence-corrected chi connectivity index (χ4v) is 3.47. The molecule has 29 heavy (non-hydrogen) atoms. The molecule has 0 radical (unpaired) electrons. The zero-order chi connectivity index (χ0) is 21.4. The van der Waals surface area contributed by atoms with Crippen molar-refractivity contribution < 1.29 is 19.1 Å². The molecule has 2 aromatic rings. The topological polar surface area (TPSA) is 112 Å². The Morgan fingerprint density at radius 2 is 1.90 bits per heavy atom. The van der Waals surface area contributed by atoms with Gasteiger partial charge in [-0.1, -0.05) is 12.1 Å². The van der Waals surface area contributed by atoms with Crippen molar-refractivity contribution in [3.63, 3.8) is 0 Å². The third-order valence-electron chi connectivity index (χ3n) is 3.95. The van der Waals surface area contributed by atoms with E-state index in [4.69, 9.17) is 14.7 Å². The Morgan fingerprint density at radius 1 is 1.21 bits per heavy atom. The quantitative estimate of drug-likeness (QED) is 0.420. The molecule has 0 bridgehead atoms. The van der Waals surface area contributed by atoms with Crippen molar-refractivity contribution in [2.24, 2.45) is 0 Å². The van der Waals surface area contributed by atoms with Crippen LogP contribution in [0.15, 0.2) is 29.8 Å². The molecule has 1 heterocycles. The van der Waals surface area contributed by atoms with Gasteiger partial charge in [0.05, 0.1) is 12.2 Å². The Hall–Kier alpha value is -3.62. The molecule has 0 spiro atoms. The highest BCUT2D eigenvalue weighted by Gasteiger charge is 2.23. The van der Waals surface area contributed by atoms with E-state index in [1.807, 2.05) is 19.1 Å². The number of hydrogen-bond donors (Lipinski definition) is 1. The van der Waals surface area contributed by atoms with Crippen LogP contribution in [0.4, 0.5) is 5.00 Å². The van der Waals surface area contributed by atoms with Crippen LogP contribution in [0.5, 0.6) is 5.75 Å². The normalized spacial score (nSPS) is 10.6. The van der Waals surface area contributed by atoms with E-state index in [2.05, 4.69) is 5.32 Å². The number of aryl methyl sites for hydroxylation is 1. The van der Waals surface area contributed by atoms with Crippen molar-refractivity contribution in [2.75, 3.05) is 18.5 Å². The van der Waals surface area contributed by atoms with E-state index in [1.165, 1.54) is 17.4 Å². The van der Waals surface area contributed by atoms with Gasteiger partial charge >= 0.3 is 5.97 Å². The largest absolute Gasteiger partial charge is 0.479 e. The Labute approximate surface area is 172 Å². The molecule has 0 unspecified atom stereocenters. The second kappa shape index (κ2) is 10.1. The lowest BCUT2D eigenvalue weighted by Crippen LogP contribution is -2.16. The molecular formula is C21H19N3O4S. The van der Waals surface area contributed by atoms with E-state index in [9.17, 15) is 14.9 Å². The van der Waals surface area contributed by atoms with Crippen LogP contribution in [-0.2, 0) is 9.53 Å². The molecule has 7 nitrogen and oxygen atoms in total. The van der Waals surface area contributed by atoms with Gasteiger partial charge in [0, 0.05) is 4.88 Å². The molecule has 1 aromatic carbocycles. The predicted molar refractivity (Wildman–Crippen MR) is 110 cm³/mol. The number of ether oxygens (including phenoxy) is 2. The first kappa shape index (κ1) is 21.7. The summed E-state index contributed by atoms with van der Waals surface area (Å²) in [4.78, 5) is 25.7. The van der Waals surface area contributed by atoms with Crippen molar-refractivity contribution in [1.29, 1.82) is 10.5 Å². The fraction of sp³-hybridized carbons (Fsp3) is 0.238. The van der Waals surface area contributed by atoms with Gasteiger partial charge in [0.1, 0.15) is 28.5 Å². The van der Waals surface area contributed by atoms with Crippen LogP contribution in [0, 0.1) is 36.5 Å². The number of hydrogen-bond acceptors (Lipinski definition) is 7. The summed E-state index contributed by atoms with van der Waals surface area (Å²) in [6, 6.07) is 10.4. The molecule has 8 heteroatoms. The number of esters is 1. The molecule has 0 atom stereocenters. The average molecular weight is 409 g/mol. The van der Waals surface area contributed by atoms with Crippen LogP contribution >= 0.6 is 11.3 Å². The summed E-state index contributed by atoms with van der Waals surface area (Å²) in [5, 5.41) is 20.9. The molecule has 0 aliphatic carbocycles. The standard InChI is InChI=1S/C21H19N3O4S/c1-4-27-21(26)18-13(2)14(3)29-20(18)24-19(25)16(12-23)11-15-5-7-17(8-6-15)28-10-9-22/h5-8,11H,4,10H2,1-3H3,(H,24,25)/b16-11+. The van der Waals surface area contributed by atoms with E-state index in [0.29, 0.717) is 21.9 Å². The Kier molecular flexibility index (Phi) is 7.53. The molecule has 1 N–H and O–H groups in total. The van der Waals surface area contributed by atoms with E-state index in [-0.39, 0.29) is 18.8 Å². The fourth-order valence-electron chi connectivity index (χ4n) is 2.43. The third kappa shape index (κ3) is 5.44. The van der Waals surface area contributed by atoms with Gasteiger partial charge in [0.25, 0.3) is 5.91 Å². The second-order valence-electron chi connectivity index (χ2n) is 5.85. The highest BCUT2D eigenvalue weighted by atomic mass is 32.1. The van der Waals surface area contributed by atoms with Gasteiger partial charge in [-0.15, -0.1) is 11.3 Å². The summed E-state index contributed by atoms with van der Waals surface area (Å²) in [5.41, 5.74) is 1.54. The number of anilines is 1. The van der Waals surface area contributed by atoms with Crippen molar-refractivity contribution in [3.8, 4) is 17.9 Å². The molecule has 0 saturated carbocycles. The number of nitrogens with one attached hydrogen (secondary N) is 1. The first-order chi connectivity index (χ1) is 13.9. The van der Waals surface area contributed by atoms with Crippen LogP contribution in [0.25, 0.3) is 6.08 Å². The second-order valence-corrected chi connectivity index (χ2v) is 7.07. The lowest BCUT2D eigenvalue weighted by atomic mass is 10.1. The van der Waals surface area contributed by atoms with E-state index in [1.54, 1.807) is 38.1 Å². The highest BCUT2D eigenvalue weighted by Crippen LogP contribution is 2.33. The minimum absolute atomic E-state index is 0.0660. The van der Waals surface area contributed by atoms with E-state index >= 15 is 0 Å². The molecule has 0 fully saturated rings. The van der Waals surface area contributed by atoms with Gasteiger partial charge in [-0.25, -0.2) is 4.79 Å². The van der Waals surface area contributed by atoms with Crippen molar-refractivity contribution in [3.05, 3.63) is 51.4 Å². The lowest BCUT2D eigenvalue weighted by Gasteiger charge is -2.07. The number of carbonyl (C=O) groups is 2. The summed E-state index contributed by atoms with van der Waals surface area (Å²) in [7, 11) is 0. The average Bonchev–Trinajstić information content (AvgIpc) is 2.98. The summed E-state index contributed by atoms with van der Waals surface area (Å²) < 4.78 is 10.2. The number of rotatable bonds is 7. The third-order valence-corrected chi connectivity index (χ3v) is 5.07. The first-order valence-corrected chi connectivity index (χ1v) is 9.53. The summed E-state index contributed by atoms with van der Waals surface area (Å²) in [6.45, 7) is 5.49. The van der Waals surface area contributed by atoms with Gasteiger partial charge in [-0.2, -0.15) is 10.5 Å². The molecule has 0 saturated heterocycles. The molecular weight excluding hydrogens is 390 g/mol. The number of amides is 1. The van der Waals surface area contributed by atoms with E-state index in [0.717, 1.165) is 10.4 Å². The van der Waals surface area contributed by atoms with Crippen LogP contribution < -0.4 is 10.1 Å². The van der Waals surface area contributed by atoms with Gasteiger partial charge < -0.3 is 14.8 Å². The molecule has 1 aromatic heterocycles. The summed E-state index contributed by atoms with van der Waals surface area (Å²) >= 11 is 1.25. The van der Waals surface area contributed by atoms with E-state index < -0.39 is 11.9 Å². The summed E-state index contributed by atoms with van der Waals surface area (Å²) in [6.07, 6.45) is 1.43. The summed E-state index contributed by atoms with van der Waals surface area (Å²) in [5.74, 6) is -0.625. The van der Waals surface area contributed by atoms with Gasteiger partial charge in [-0.05, 0) is 50.1 Å². The number of nitrogens with zero attached hydrogens (tertiary/aromatic N) is 2. The molecule has 148 valence electrons. The maximum absolute atomic E-state index is 12.6. The highest BCUT2D eigenvalue weighted by molar-refractivity contribution is 7.16. The van der Waals surface area contributed by atoms with Crippen LogP contribution in [0.1, 0.15) is 33.3 Å². The molecule has 1 amide bonds.